The molecule has 0 fully saturated rings. The Bertz CT molecular complexity index is 729. The molecule has 0 saturated carbocycles. The third-order valence-corrected chi connectivity index (χ3v) is 5.12. The fourth-order valence-corrected chi connectivity index (χ4v) is 3.44. The van der Waals surface area contributed by atoms with Gasteiger partial charge in [-0.15, -0.1) is 11.3 Å². The highest BCUT2D eigenvalue weighted by atomic mass is 32.1. The van der Waals surface area contributed by atoms with E-state index in [1.54, 1.807) is 17.6 Å². The zero-order chi connectivity index (χ0) is 24.2. The molecule has 2 rings (SSSR count). The molecule has 8 heteroatoms. The van der Waals surface area contributed by atoms with Gasteiger partial charge >= 0.3 is 6.01 Å². The quantitative estimate of drug-likeness (QED) is 0.221. The molecule has 0 atom stereocenters. The molecule has 0 aliphatic rings. The molecule has 0 aliphatic carbocycles. The van der Waals surface area contributed by atoms with Crippen LogP contribution >= 0.6 is 11.3 Å². The van der Waals surface area contributed by atoms with Crippen LogP contribution in [0, 0.1) is 0 Å². The Morgan fingerprint density at radius 2 is 1.75 bits per heavy atom. The van der Waals surface area contributed by atoms with Gasteiger partial charge in [-0.2, -0.15) is 15.1 Å². The fourth-order valence-electron chi connectivity index (χ4n) is 2.64. The summed E-state index contributed by atoms with van der Waals surface area (Å²) < 4.78 is 5.73. The standard InChI is InChI=1S/C20H32N6OS.2C2H6/c1-5-11-26(12-6-2)18-14-16(23-20(24-18)27-13-10-21-4)15-22-25-19-9-8-17(7-3)28-19;2*1-2/h8-9,14-15,21,25H,5-7,10-13H2,1-4H3;2*1-2H3/b22-15+;;. The van der Waals surface area contributed by atoms with Crippen molar-refractivity contribution in [3.8, 4) is 6.01 Å². The van der Waals surface area contributed by atoms with E-state index >= 15 is 0 Å². The number of nitrogens with zero attached hydrogens (tertiary/aromatic N) is 4. The van der Waals surface area contributed by atoms with E-state index in [1.807, 2.05) is 46.9 Å². The molecule has 2 heterocycles. The molecule has 0 bridgehead atoms. The number of ether oxygens (including phenoxy) is 1. The lowest BCUT2D eigenvalue weighted by Crippen LogP contribution is -2.26. The molecule has 0 spiro atoms. The Kier molecular flexibility index (Phi) is 18.2. The molecule has 0 radical (unpaired) electrons. The van der Waals surface area contributed by atoms with Crippen molar-refractivity contribution in [1.82, 2.24) is 15.3 Å². The molecule has 32 heavy (non-hydrogen) atoms. The minimum Gasteiger partial charge on any atom is -0.462 e. The average molecular weight is 465 g/mol. The third kappa shape index (κ3) is 11.4. The summed E-state index contributed by atoms with van der Waals surface area (Å²) >= 11 is 1.71. The number of hydrogen-bond donors (Lipinski definition) is 2. The molecule has 0 aromatic carbocycles. The van der Waals surface area contributed by atoms with Crippen molar-refractivity contribution in [2.24, 2.45) is 5.10 Å². The number of aromatic nitrogens is 2. The first-order valence-corrected chi connectivity index (χ1v) is 12.8. The van der Waals surface area contributed by atoms with E-state index in [2.05, 4.69) is 57.5 Å². The molecular weight excluding hydrogens is 420 g/mol. The van der Waals surface area contributed by atoms with Crippen LogP contribution in [0.1, 0.15) is 71.9 Å². The number of likely N-dealkylation sites (N-methyl/N-ethyl adjacent to an activating group) is 1. The molecule has 2 aromatic rings. The molecule has 0 saturated heterocycles. The van der Waals surface area contributed by atoms with Gasteiger partial charge in [0.1, 0.15) is 17.4 Å². The first-order valence-electron chi connectivity index (χ1n) is 12.0. The summed E-state index contributed by atoms with van der Waals surface area (Å²) in [5.41, 5.74) is 3.81. The number of anilines is 2. The molecule has 0 amide bonds. The highest BCUT2D eigenvalue weighted by Crippen LogP contribution is 2.22. The molecular formula is C24H44N6OS. The number of rotatable bonds is 13. The normalized spacial score (nSPS) is 10.1. The van der Waals surface area contributed by atoms with Crippen molar-refractivity contribution in [3.05, 3.63) is 28.8 Å². The molecule has 2 N–H and O–H groups in total. The van der Waals surface area contributed by atoms with Crippen LogP contribution in [0.3, 0.4) is 0 Å². The second-order valence-electron chi connectivity index (χ2n) is 6.36. The van der Waals surface area contributed by atoms with Gasteiger partial charge in [-0.3, -0.25) is 5.43 Å². The highest BCUT2D eigenvalue weighted by molar-refractivity contribution is 7.16. The molecule has 0 unspecified atom stereocenters. The van der Waals surface area contributed by atoms with Gasteiger partial charge in [0.2, 0.25) is 0 Å². The zero-order valence-corrected chi connectivity index (χ0v) is 22.2. The molecule has 182 valence electrons. The van der Waals surface area contributed by atoms with Crippen molar-refractivity contribution in [2.75, 3.05) is 43.6 Å². The maximum absolute atomic E-state index is 5.73. The number of aryl methyl sites for hydroxylation is 1. The summed E-state index contributed by atoms with van der Waals surface area (Å²) in [6.07, 6.45) is 4.87. The van der Waals surface area contributed by atoms with Crippen LogP contribution in [-0.4, -0.2) is 49.5 Å². The maximum Gasteiger partial charge on any atom is 0.319 e. The summed E-state index contributed by atoms with van der Waals surface area (Å²) in [5.74, 6) is 0.879. The van der Waals surface area contributed by atoms with Crippen molar-refractivity contribution in [1.29, 1.82) is 0 Å². The third-order valence-electron chi connectivity index (χ3n) is 3.99. The predicted octanol–water partition coefficient (Wildman–Crippen LogP) is 5.82. The largest absolute Gasteiger partial charge is 0.462 e. The molecule has 0 aliphatic heterocycles. The van der Waals surface area contributed by atoms with E-state index in [0.717, 1.165) is 55.4 Å². The van der Waals surface area contributed by atoms with Crippen LogP contribution in [0.15, 0.2) is 23.3 Å². The van der Waals surface area contributed by atoms with E-state index in [-0.39, 0.29) is 0 Å². The number of hydrazone groups is 1. The Labute approximate surface area is 199 Å². The van der Waals surface area contributed by atoms with Crippen molar-refractivity contribution >= 4 is 28.4 Å². The molecule has 2 aromatic heterocycles. The van der Waals surface area contributed by atoms with Crippen LogP contribution in [0.4, 0.5) is 10.8 Å². The first-order chi connectivity index (χ1) is 15.7. The van der Waals surface area contributed by atoms with E-state index in [9.17, 15) is 0 Å². The van der Waals surface area contributed by atoms with E-state index in [1.165, 1.54) is 4.88 Å². The van der Waals surface area contributed by atoms with Crippen LogP contribution in [0.5, 0.6) is 6.01 Å². The summed E-state index contributed by atoms with van der Waals surface area (Å²) in [7, 11) is 1.89. The van der Waals surface area contributed by atoms with Gasteiger partial charge in [0.25, 0.3) is 0 Å². The van der Waals surface area contributed by atoms with Gasteiger partial charge in [-0.05, 0) is 38.4 Å². The van der Waals surface area contributed by atoms with E-state index in [0.29, 0.717) is 12.6 Å². The average Bonchev–Trinajstić information content (AvgIpc) is 3.30. The SMILES string of the molecule is CC.CC.CCCN(CCC)c1cc(/C=N/Nc2ccc(CC)s2)nc(OCCNC)n1. The van der Waals surface area contributed by atoms with Crippen LogP contribution < -0.4 is 20.4 Å². The Morgan fingerprint density at radius 1 is 1.06 bits per heavy atom. The monoisotopic (exact) mass is 464 g/mol. The van der Waals surface area contributed by atoms with Crippen LogP contribution in [0.25, 0.3) is 0 Å². The topological polar surface area (TPSA) is 74.7 Å². The molecule has 7 nitrogen and oxygen atoms in total. The number of hydrogen-bond acceptors (Lipinski definition) is 8. The number of thiophene rings is 1. The predicted molar refractivity (Wildman–Crippen MR) is 142 cm³/mol. The van der Waals surface area contributed by atoms with Crippen LogP contribution in [0.2, 0.25) is 0 Å². The zero-order valence-electron chi connectivity index (χ0n) is 21.4. The van der Waals surface area contributed by atoms with Crippen molar-refractivity contribution in [2.45, 2.75) is 67.7 Å². The van der Waals surface area contributed by atoms with E-state index < -0.39 is 0 Å². The Hall–Kier alpha value is -2.19. The van der Waals surface area contributed by atoms with Crippen molar-refractivity contribution in [3.63, 3.8) is 0 Å². The van der Waals surface area contributed by atoms with Gasteiger partial charge in [0, 0.05) is 30.6 Å². The number of nitrogens with one attached hydrogen (secondary N) is 2. The first kappa shape index (κ1) is 29.8. The maximum atomic E-state index is 5.73. The van der Waals surface area contributed by atoms with E-state index in [4.69, 9.17) is 4.74 Å². The van der Waals surface area contributed by atoms with Gasteiger partial charge < -0.3 is 15.0 Å². The highest BCUT2D eigenvalue weighted by Gasteiger charge is 2.11. The lowest BCUT2D eigenvalue weighted by atomic mass is 10.3. The fraction of sp³-hybridized carbons (Fsp3) is 0.625. The lowest BCUT2D eigenvalue weighted by molar-refractivity contribution is 0.293. The van der Waals surface area contributed by atoms with Crippen LogP contribution in [-0.2, 0) is 6.42 Å². The summed E-state index contributed by atoms with van der Waals surface area (Å²) in [6, 6.07) is 6.51. The Morgan fingerprint density at radius 3 is 2.31 bits per heavy atom. The van der Waals surface area contributed by atoms with Gasteiger partial charge in [0.15, 0.2) is 0 Å². The Balaban J connectivity index is 0.00000227. The van der Waals surface area contributed by atoms with Gasteiger partial charge in [-0.25, -0.2) is 0 Å². The lowest BCUT2D eigenvalue weighted by Gasteiger charge is -2.23. The summed E-state index contributed by atoms with van der Waals surface area (Å²) in [5, 5.41) is 8.43. The van der Waals surface area contributed by atoms with Crippen molar-refractivity contribution < 1.29 is 4.74 Å². The second kappa shape index (κ2) is 19.5. The minimum atomic E-state index is 0.385. The smallest absolute Gasteiger partial charge is 0.319 e. The van der Waals surface area contributed by atoms with Gasteiger partial charge in [-0.1, -0.05) is 48.5 Å². The van der Waals surface area contributed by atoms with Gasteiger partial charge in [0.05, 0.1) is 11.9 Å². The second-order valence-corrected chi connectivity index (χ2v) is 7.53. The minimum absolute atomic E-state index is 0.385. The summed E-state index contributed by atoms with van der Waals surface area (Å²) in [4.78, 5) is 12.7. The summed E-state index contributed by atoms with van der Waals surface area (Å²) in [6.45, 7) is 17.7.